The van der Waals surface area contributed by atoms with Crippen LogP contribution in [0.2, 0.25) is 5.02 Å². The molecule has 3 rings (SSSR count). The fourth-order valence-corrected chi connectivity index (χ4v) is 3.35. The van der Waals surface area contributed by atoms with E-state index in [-0.39, 0.29) is 5.82 Å². The molecule has 1 aromatic rings. The van der Waals surface area contributed by atoms with Crippen LogP contribution < -0.4 is 10.2 Å². The highest BCUT2D eigenvalue weighted by atomic mass is 35.5. The van der Waals surface area contributed by atoms with Crippen LogP contribution >= 0.6 is 11.6 Å². The summed E-state index contributed by atoms with van der Waals surface area (Å²) >= 11 is 6.07. The van der Waals surface area contributed by atoms with Gasteiger partial charge in [0.2, 0.25) is 0 Å². The van der Waals surface area contributed by atoms with Crippen LogP contribution in [0.3, 0.4) is 0 Å². The number of hydrogen-bond acceptors (Lipinski definition) is 2. The van der Waals surface area contributed by atoms with Crippen molar-refractivity contribution in [2.75, 3.05) is 18.0 Å². The summed E-state index contributed by atoms with van der Waals surface area (Å²) in [7, 11) is 0. The lowest BCUT2D eigenvalue weighted by Gasteiger charge is -2.44. The molecule has 1 aliphatic carbocycles. The minimum Gasteiger partial charge on any atom is -0.363 e. The predicted octanol–water partition coefficient (Wildman–Crippen LogP) is 3.69. The lowest BCUT2D eigenvalue weighted by atomic mass is 9.96. The van der Waals surface area contributed by atoms with Gasteiger partial charge in [0.1, 0.15) is 5.82 Å². The topological polar surface area (TPSA) is 15.3 Å². The molecule has 1 aromatic carbocycles. The van der Waals surface area contributed by atoms with Crippen LogP contribution in [0.25, 0.3) is 0 Å². The molecule has 110 valence electrons. The quantitative estimate of drug-likeness (QED) is 0.915. The molecule has 1 aliphatic heterocycles. The van der Waals surface area contributed by atoms with E-state index in [4.69, 9.17) is 11.6 Å². The van der Waals surface area contributed by atoms with Gasteiger partial charge >= 0.3 is 0 Å². The molecule has 0 radical (unpaired) electrons. The van der Waals surface area contributed by atoms with Gasteiger partial charge in [0.05, 0.1) is 5.69 Å². The van der Waals surface area contributed by atoms with E-state index < -0.39 is 0 Å². The molecule has 1 saturated heterocycles. The van der Waals surface area contributed by atoms with E-state index in [0.29, 0.717) is 28.7 Å². The lowest BCUT2D eigenvalue weighted by molar-refractivity contribution is 0.318. The van der Waals surface area contributed by atoms with Gasteiger partial charge in [-0.15, -0.1) is 0 Å². The molecule has 2 fully saturated rings. The molecule has 4 heteroatoms. The van der Waals surface area contributed by atoms with Gasteiger partial charge in [0.15, 0.2) is 0 Å². The molecule has 1 heterocycles. The third-order valence-corrected chi connectivity index (χ3v) is 4.80. The zero-order valence-corrected chi connectivity index (χ0v) is 12.8. The van der Waals surface area contributed by atoms with Crippen molar-refractivity contribution >= 4 is 17.3 Å². The second kappa shape index (κ2) is 5.53. The molecule has 20 heavy (non-hydrogen) atoms. The molecule has 2 aliphatic rings. The minimum atomic E-state index is -0.170. The Balaban J connectivity index is 1.89. The molecule has 2 nitrogen and oxygen atoms in total. The fraction of sp³-hybridized carbons (Fsp3) is 0.625. The Bertz CT molecular complexity index is 487. The second-order valence-electron chi connectivity index (χ2n) is 6.41. The van der Waals surface area contributed by atoms with Gasteiger partial charge in [-0.1, -0.05) is 25.4 Å². The van der Waals surface area contributed by atoms with E-state index in [0.717, 1.165) is 19.0 Å². The molecule has 0 amide bonds. The van der Waals surface area contributed by atoms with Crippen LogP contribution in [0, 0.1) is 17.7 Å². The van der Waals surface area contributed by atoms with Gasteiger partial charge in [-0.25, -0.2) is 4.39 Å². The van der Waals surface area contributed by atoms with E-state index >= 15 is 0 Å². The molecule has 1 N–H and O–H groups in total. The molecule has 0 bridgehead atoms. The highest BCUT2D eigenvalue weighted by Gasteiger charge is 2.38. The van der Waals surface area contributed by atoms with E-state index in [1.807, 2.05) is 0 Å². The number of nitrogens with one attached hydrogen (secondary N) is 1. The van der Waals surface area contributed by atoms with Crippen LogP contribution in [0.1, 0.15) is 26.7 Å². The van der Waals surface area contributed by atoms with Gasteiger partial charge < -0.3 is 10.2 Å². The van der Waals surface area contributed by atoms with Crippen LogP contribution in [0.15, 0.2) is 18.2 Å². The Labute approximate surface area is 125 Å². The van der Waals surface area contributed by atoms with E-state index in [1.54, 1.807) is 12.1 Å². The van der Waals surface area contributed by atoms with E-state index in [2.05, 4.69) is 24.1 Å². The van der Waals surface area contributed by atoms with Crippen molar-refractivity contribution in [3.63, 3.8) is 0 Å². The summed E-state index contributed by atoms with van der Waals surface area (Å²) in [5, 5.41) is 4.25. The summed E-state index contributed by atoms with van der Waals surface area (Å²) in [6.45, 7) is 6.19. The Morgan fingerprint density at radius 2 is 2.10 bits per heavy atom. The van der Waals surface area contributed by atoms with Crippen LogP contribution in [-0.2, 0) is 0 Å². The molecule has 0 aromatic heterocycles. The summed E-state index contributed by atoms with van der Waals surface area (Å²) in [6, 6.07) is 5.66. The van der Waals surface area contributed by atoms with Gasteiger partial charge in [0.25, 0.3) is 0 Å². The first-order valence-corrected chi connectivity index (χ1v) is 7.89. The highest BCUT2D eigenvalue weighted by Crippen LogP contribution is 2.37. The molecule has 2 unspecified atom stereocenters. The molecular formula is C16H22ClFN2. The number of piperazine rings is 1. The van der Waals surface area contributed by atoms with Crippen molar-refractivity contribution < 1.29 is 4.39 Å². The molecule has 1 saturated carbocycles. The smallest absolute Gasteiger partial charge is 0.146 e. The maximum atomic E-state index is 14.2. The third-order valence-electron chi connectivity index (χ3n) is 4.56. The number of anilines is 1. The second-order valence-corrected chi connectivity index (χ2v) is 6.85. The Morgan fingerprint density at radius 3 is 2.75 bits per heavy atom. The first-order valence-electron chi connectivity index (χ1n) is 7.51. The first-order chi connectivity index (χ1) is 9.56. The van der Waals surface area contributed by atoms with Crippen molar-refractivity contribution in [3.8, 4) is 0 Å². The van der Waals surface area contributed by atoms with E-state index in [9.17, 15) is 4.39 Å². The normalized spacial score (nSPS) is 27.1. The number of rotatable bonds is 3. The highest BCUT2D eigenvalue weighted by molar-refractivity contribution is 6.30. The minimum absolute atomic E-state index is 0.170. The van der Waals surface area contributed by atoms with Gasteiger partial charge in [-0.3, -0.25) is 0 Å². The summed E-state index contributed by atoms with van der Waals surface area (Å²) in [6.07, 6.45) is 2.60. The van der Waals surface area contributed by atoms with Crippen LogP contribution in [0.5, 0.6) is 0 Å². The summed E-state index contributed by atoms with van der Waals surface area (Å²) in [4.78, 5) is 2.23. The number of benzene rings is 1. The average Bonchev–Trinajstić information content (AvgIpc) is 3.25. The number of hydrogen-bond donors (Lipinski definition) is 1. The Kier molecular flexibility index (Phi) is 3.91. The monoisotopic (exact) mass is 296 g/mol. The molecule has 0 spiro atoms. The summed E-state index contributed by atoms with van der Waals surface area (Å²) < 4.78 is 14.2. The Hall–Kier alpha value is -0.800. The largest absolute Gasteiger partial charge is 0.363 e. The first kappa shape index (κ1) is 14.2. The van der Waals surface area contributed by atoms with Crippen LogP contribution in [-0.4, -0.2) is 25.2 Å². The zero-order chi connectivity index (χ0) is 14.3. The molecular weight excluding hydrogens is 275 g/mol. The van der Waals surface area contributed by atoms with Crippen molar-refractivity contribution in [2.45, 2.75) is 38.8 Å². The van der Waals surface area contributed by atoms with Crippen LogP contribution in [0.4, 0.5) is 10.1 Å². The lowest BCUT2D eigenvalue weighted by Crippen LogP contribution is -2.59. The van der Waals surface area contributed by atoms with Gasteiger partial charge in [-0.05, 0) is 42.9 Å². The average molecular weight is 297 g/mol. The molecule has 2 atom stereocenters. The van der Waals surface area contributed by atoms with Crippen molar-refractivity contribution in [1.82, 2.24) is 5.32 Å². The number of nitrogens with zero attached hydrogens (tertiary/aromatic N) is 1. The number of halogens is 2. The zero-order valence-electron chi connectivity index (χ0n) is 12.1. The van der Waals surface area contributed by atoms with Crippen molar-refractivity contribution in [1.29, 1.82) is 0 Å². The maximum Gasteiger partial charge on any atom is 0.146 e. The van der Waals surface area contributed by atoms with Gasteiger partial charge in [-0.2, -0.15) is 0 Å². The SMILES string of the molecule is CC(C)C1CNC(C2CC2)CN1c1cc(Cl)ccc1F. The van der Waals surface area contributed by atoms with Crippen molar-refractivity contribution in [3.05, 3.63) is 29.0 Å². The standard InChI is InChI=1S/C16H22ClFN2/c1-10(2)16-8-19-14(11-3-4-11)9-20(16)15-7-12(17)5-6-13(15)18/h5-7,10-11,14,16,19H,3-4,8-9H2,1-2H3. The predicted molar refractivity (Wildman–Crippen MR) is 81.9 cm³/mol. The fourth-order valence-electron chi connectivity index (χ4n) is 3.19. The Morgan fingerprint density at radius 1 is 1.35 bits per heavy atom. The van der Waals surface area contributed by atoms with E-state index in [1.165, 1.54) is 18.9 Å². The third kappa shape index (κ3) is 2.79. The van der Waals surface area contributed by atoms with Gasteiger partial charge in [0, 0.05) is 30.2 Å². The van der Waals surface area contributed by atoms with Crippen molar-refractivity contribution in [2.24, 2.45) is 11.8 Å². The summed E-state index contributed by atoms with van der Waals surface area (Å²) in [5.74, 6) is 1.07. The maximum absolute atomic E-state index is 14.2. The summed E-state index contributed by atoms with van der Waals surface area (Å²) in [5.41, 5.74) is 0.656.